The first-order valence-corrected chi connectivity index (χ1v) is 14.0. The van der Waals surface area contributed by atoms with E-state index < -0.39 is 0 Å². The van der Waals surface area contributed by atoms with Gasteiger partial charge in [0, 0.05) is 93.9 Å². The number of benzene rings is 1. The lowest BCUT2D eigenvalue weighted by atomic mass is 9.75. The number of hydrogen-bond acceptors (Lipinski definition) is 6. The molecule has 1 aromatic carbocycles. The molecule has 38 heavy (non-hydrogen) atoms. The minimum atomic E-state index is 0.0445. The average Bonchev–Trinajstić information content (AvgIpc) is 3.37. The lowest BCUT2D eigenvalue weighted by Crippen LogP contribution is -2.52. The van der Waals surface area contributed by atoms with Crippen molar-refractivity contribution >= 4 is 22.8 Å². The molecule has 0 atom stereocenters. The fraction of sp³-hybridized carbons (Fsp3) is 0.500. The van der Waals surface area contributed by atoms with Gasteiger partial charge in [-0.2, -0.15) is 10.4 Å². The largest absolute Gasteiger partial charge is 0.369 e. The zero-order valence-electron chi connectivity index (χ0n) is 22.5. The normalized spacial score (nSPS) is 22.5. The number of aromatic nitrogens is 2. The van der Waals surface area contributed by atoms with Gasteiger partial charge in [-0.05, 0) is 56.5 Å². The molecule has 8 heteroatoms. The summed E-state index contributed by atoms with van der Waals surface area (Å²) >= 11 is 0. The lowest BCUT2D eigenvalue weighted by molar-refractivity contribution is -0.139. The van der Waals surface area contributed by atoms with E-state index in [4.69, 9.17) is 5.26 Å². The first-order valence-electron chi connectivity index (χ1n) is 14.0. The standard InChI is InChI=1S/C30H37N7O/c1-22(2)33-9-11-34(12-10-33)27-5-3-24(4-6-27)26-19-29-28(7-8-32-37(29)21-26)35-13-15-36(16-14-35)30(38)25-17-23(18-25)20-31/h3-8,19,21-23,25H,9-18H2,1-2H3/t23-,25-. The zero-order valence-corrected chi connectivity index (χ0v) is 22.5. The van der Waals surface area contributed by atoms with Gasteiger partial charge in [0.2, 0.25) is 5.91 Å². The van der Waals surface area contributed by atoms with E-state index in [1.165, 1.54) is 11.3 Å². The molecule has 0 radical (unpaired) electrons. The molecule has 3 aliphatic rings. The van der Waals surface area contributed by atoms with Crippen molar-refractivity contribution in [3.8, 4) is 17.2 Å². The van der Waals surface area contributed by atoms with E-state index in [0.29, 0.717) is 6.04 Å². The smallest absolute Gasteiger partial charge is 0.225 e. The van der Waals surface area contributed by atoms with Crippen molar-refractivity contribution in [2.75, 3.05) is 62.2 Å². The Hall–Kier alpha value is -3.57. The van der Waals surface area contributed by atoms with Crippen molar-refractivity contribution in [2.45, 2.75) is 32.7 Å². The third-order valence-corrected chi connectivity index (χ3v) is 8.70. The van der Waals surface area contributed by atoms with Crippen LogP contribution in [0.4, 0.5) is 11.4 Å². The van der Waals surface area contributed by atoms with E-state index >= 15 is 0 Å². The molecule has 3 fully saturated rings. The van der Waals surface area contributed by atoms with Crippen LogP contribution in [0.3, 0.4) is 0 Å². The summed E-state index contributed by atoms with van der Waals surface area (Å²) in [7, 11) is 0. The van der Waals surface area contributed by atoms with Gasteiger partial charge in [0.1, 0.15) is 0 Å². The molecular weight excluding hydrogens is 474 g/mol. The molecule has 2 saturated heterocycles. The fourth-order valence-electron chi connectivity index (χ4n) is 6.14. The number of amides is 1. The molecule has 198 valence electrons. The van der Waals surface area contributed by atoms with E-state index in [9.17, 15) is 4.79 Å². The summed E-state index contributed by atoms with van der Waals surface area (Å²) in [5.74, 6) is 0.338. The van der Waals surface area contributed by atoms with Crippen molar-refractivity contribution in [3.63, 3.8) is 0 Å². The average molecular weight is 512 g/mol. The molecular formula is C30H37N7O. The van der Waals surface area contributed by atoms with Crippen LogP contribution in [0.15, 0.2) is 48.8 Å². The van der Waals surface area contributed by atoms with Crippen LogP contribution in [-0.4, -0.2) is 83.7 Å². The molecule has 4 heterocycles. The Bertz CT molecular complexity index is 1320. The van der Waals surface area contributed by atoms with Gasteiger partial charge in [-0.1, -0.05) is 12.1 Å². The predicted molar refractivity (Wildman–Crippen MR) is 150 cm³/mol. The SMILES string of the molecule is CC(C)N1CCN(c2ccc(-c3cc4c(N5CCN(C(=O)[C@H]6C[C@H](C#N)C6)CC5)ccnn4c3)cc2)CC1. The monoisotopic (exact) mass is 511 g/mol. The topological polar surface area (TPSA) is 71.1 Å². The second-order valence-electron chi connectivity index (χ2n) is 11.2. The zero-order chi connectivity index (χ0) is 26.2. The van der Waals surface area contributed by atoms with E-state index in [0.717, 1.165) is 82.0 Å². The van der Waals surface area contributed by atoms with Crippen LogP contribution >= 0.6 is 0 Å². The van der Waals surface area contributed by atoms with Gasteiger partial charge < -0.3 is 14.7 Å². The number of carbonyl (C=O) groups is 1. The van der Waals surface area contributed by atoms with Crippen LogP contribution in [0, 0.1) is 23.2 Å². The van der Waals surface area contributed by atoms with Gasteiger partial charge in [-0.25, -0.2) is 4.52 Å². The summed E-state index contributed by atoms with van der Waals surface area (Å²) in [5.41, 5.74) is 5.89. The highest BCUT2D eigenvalue weighted by Gasteiger charge is 2.37. The molecule has 2 aliphatic heterocycles. The Morgan fingerprint density at radius 2 is 1.61 bits per heavy atom. The number of hydrogen-bond donors (Lipinski definition) is 0. The molecule has 0 N–H and O–H groups in total. The van der Waals surface area contributed by atoms with Crippen LogP contribution < -0.4 is 9.80 Å². The van der Waals surface area contributed by atoms with Crippen molar-refractivity contribution in [1.82, 2.24) is 19.4 Å². The van der Waals surface area contributed by atoms with Gasteiger partial charge in [-0.3, -0.25) is 9.69 Å². The Morgan fingerprint density at radius 1 is 0.921 bits per heavy atom. The Balaban J connectivity index is 1.12. The van der Waals surface area contributed by atoms with Gasteiger partial charge in [-0.15, -0.1) is 0 Å². The van der Waals surface area contributed by atoms with Crippen LogP contribution in [0.25, 0.3) is 16.6 Å². The quantitative estimate of drug-likeness (QED) is 0.520. The van der Waals surface area contributed by atoms with Gasteiger partial charge in [0.25, 0.3) is 0 Å². The Labute approximate surface area is 225 Å². The van der Waals surface area contributed by atoms with Crippen LogP contribution in [-0.2, 0) is 4.79 Å². The summed E-state index contributed by atoms with van der Waals surface area (Å²) in [5, 5.41) is 13.6. The minimum Gasteiger partial charge on any atom is -0.369 e. The van der Waals surface area contributed by atoms with Crippen LogP contribution in [0.1, 0.15) is 26.7 Å². The van der Waals surface area contributed by atoms with Crippen molar-refractivity contribution in [3.05, 3.63) is 48.8 Å². The van der Waals surface area contributed by atoms with Gasteiger partial charge in [0.05, 0.1) is 17.3 Å². The maximum atomic E-state index is 12.8. The number of nitriles is 1. The highest BCUT2D eigenvalue weighted by Crippen LogP contribution is 2.35. The van der Waals surface area contributed by atoms with Crippen molar-refractivity contribution in [2.24, 2.45) is 11.8 Å². The fourth-order valence-corrected chi connectivity index (χ4v) is 6.14. The van der Waals surface area contributed by atoms with E-state index in [-0.39, 0.29) is 17.7 Å². The summed E-state index contributed by atoms with van der Waals surface area (Å²) < 4.78 is 1.97. The number of piperazine rings is 2. The molecule has 0 bridgehead atoms. The summed E-state index contributed by atoms with van der Waals surface area (Å²) in [6, 6.07) is 16.1. The van der Waals surface area contributed by atoms with Gasteiger partial charge >= 0.3 is 0 Å². The molecule has 0 unspecified atom stereocenters. The molecule has 1 aliphatic carbocycles. The Kier molecular flexibility index (Phi) is 6.71. The Morgan fingerprint density at radius 3 is 2.26 bits per heavy atom. The molecule has 1 amide bonds. The third-order valence-electron chi connectivity index (χ3n) is 8.70. The molecule has 0 spiro atoms. The number of fused-ring (bicyclic) bond motifs is 1. The molecule has 1 saturated carbocycles. The number of anilines is 2. The van der Waals surface area contributed by atoms with Crippen LogP contribution in [0.2, 0.25) is 0 Å². The van der Waals surface area contributed by atoms with E-state index in [2.05, 4.69) is 82.3 Å². The van der Waals surface area contributed by atoms with E-state index in [1.807, 2.05) is 15.6 Å². The summed E-state index contributed by atoms with van der Waals surface area (Å²) in [6.07, 6.45) is 5.42. The predicted octanol–water partition coefficient (Wildman–Crippen LogP) is 3.73. The molecule has 8 nitrogen and oxygen atoms in total. The molecule has 2 aromatic heterocycles. The maximum absolute atomic E-state index is 12.8. The van der Waals surface area contributed by atoms with Crippen molar-refractivity contribution in [1.29, 1.82) is 5.26 Å². The van der Waals surface area contributed by atoms with Crippen molar-refractivity contribution < 1.29 is 4.79 Å². The first kappa shape index (κ1) is 24.7. The maximum Gasteiger partial charge on any atom is 0.225 e. The van der Waals surface area contributed by atoms with Gasteiger partial charge in [0.15, 0.2) is 0 Å². The minimum absolute atomic E-state index is 0.0445. The second kappa shape index (κ2) is 10.3. The molecule has 6 rings (SSSR count). The number of carbonyl (C=O) groups excluding carboxylic acids is 1. The second-order valence-corrected chi connectivity index (χ2v) is 11.2. The highest BCUT2D eigenvalue weighted by atomic mass is 16.2. The number of rotatable bonds is 5. The van der Waals surface area contributed by atoms with E-state index in [1.54, 1.807) is 0 Å². The summed E-state index contributed by atoms with van der Waals surface area (Å²) in [6.45, 7) is 12.0. The number of nitrogens with zero attached hydrogens (tertiary/aromatic N) is 7. The summed E-state index contributed by atoms with van der Waals surface area (Å²) in [4.78, 5) is 22.2. The lowest BCUT2D eigenvalue weighted by Gasteiger charge is -2.40. The first-order chi connectivity index (χ1) is 18.5. The molecule has 3 aromatic rings. The third kappa shape index (κ3) is 4.71. The highest BCUT2D eigenvalue weighted by molar-refractivity contribution is 5.82. The van der Waals surface area contributed by atoms with Crippen LogP contribution in [0.5, 0.6) is 0 Å².